The molecule has 2 aromatic carbocycles. The van der Waals surface area contributed by atoms with Crippen molar-refractivity contribution in [3.63, 3.8) is 0 Å². The molecular weight excluding hydrogens is 395 g/mol. The first-order chi connectivity index (χ1) is 14.3. The molecule has 4 rings (SSSR count). The summed E-state index contributed by atoms with van der Waals surface area (Å²) in [5.41, 5.74) is 6.13. The SMILES string of the molecule is NC(=O)c1cccc2c(NC3CNCCC3c3cccc(C(F)(F)F)c3)ncnc12. The van der Waals surface area contributed by atoms with Crippen molar-refractivity contribution in [3.05, 3.63) is 65.5 Å². The Kier molecular flexibility index (Phi) is 5.29. The smallest absolute Gasteiger partial charge is 0.366 e. The summed E-state index contributed by atoms with van der Waals surface area (Å²) in [5.74, 6) is -0.224. The zero-order valence-electron chi connectivity index (χ0n) is 15.9. The molecule has 1 saturated heterocycles. The molecular formula is C21H20F3N5O. The van der Waals surface area contributed by atoms with Gasteiger partial charge in [-0.05, 0) is 36.7 Å². The van der Waals surface area contributed by atoms with E-state index < -0.39 is 17.6 Å². The van der Waals surface area contributed by atoms with E-state index in [0.29, 0.717) is 41.8 Å². The molecule has 1 aliphatic rings. The first-order valence-corrected chi connectivity index (χ1v) is 9.52. The summed E-state index contributed by atoms with van der Waals surface area (Å²) in [5, 5.41) is 7.25. The van der Waals surface area contributed by atoms with Gasteiger partial charge in [-0.25, -0.2) is 9.97 Å². The van der Waals surface area contributed by atoms with E-state index in [1.54, 1.807) is 24.3 Å². The number of carbonyl (C=O) groups is 1. The third kappa shape index (κ3) is 3.93. The fourth-order valence-electron chi connectivity index (χ4n) is 3.93. The number of halogens is 3. The highest BCUT2D eigenvalue weighted by atomic mass is 19.4. The maximum Gasteiger partial charge on any atom is 0.416 e. The molecule has 6 nitrogen and oxygen atoms in total. The van der Waals surface area contributed by atoms with Gasteiger partial charge in [0.15, 0.2) is 0 Å². The van der Waals surface area contributed by atoms with Crippen LogP contribution in [0.5, 0.6) is 0 Å². The number of carbonyl (C=O) groups excluding carboxylic acids is 1. The second-order valence-corrected chi connectivity index (χ2v) is 7.26. The molecule has 1 aliphatic heterocycles. The number of piperidine rings is 1. The molecule has 1 amide bonds. The maximum absolute atomic E-state index is 13.2. The topological polar surface area (TPSA) is 92.9 Å². The van der Waals surface area contributed by atoms with E-state index in [4.69, 9.17) is 5.73 Å². The van der Waals surface area contributed by atoms with Crippen molar-refractivity contribution in [2.75, 3.05) is 18.4 Å². The van der Waals surface area contributed by atoms with E-state index in [1.807, 2.05) is 0 Å². The number of rotatable bonds is 4. The molecule has 4 N–H and O–H groups in total. The van der Waals surface area contributed by atoms with E-state index in [1.165, 1.54) is 18.5 Å². The molecule has 156 valence electrons. The number of amides is 1. The number of nitrogens with two attached hydrogens (primary N) is 1. The van der Waals surface area contributed by atoms with E-state index in [-0.39, 0.29) is 17.5 Å². The van der Waals surface area contributed by atoms with Crippen LogP contribution < -0.4 is 16.4 Å². The second-order valence-electron chi connectivity index (χ2n) is 7.26. The van der Waals surface area contributed by atoms with Crippen molar-refractivity contribution in [1.82, 2.24) is 15.3 Å². The van der Waals surface area contributed by atoms with Crippen molar-refractivity contribution >= 4 is 22.6 Å². The molecule has 30 heavy (non-hydrogen) atoms. The first-order valence-electron chi connectivity index (χ1n) is 9.52. The summed E-state index contributed by atoms with van der Waals surface area (Å²) in [4.78, 5) is 20.2. The number of para-hydroxylation sites is 1. The van der Waals surface area contributed by atoms with Crippen LogP contribution in [0.25, 0.3) is 10.9 Å². The van der Waals surface area contributed by atoms with Crippen molar-refractivity contribution in [2.45, 2.75) is 24.6 Å². The van der Waals surface area contributed by atoms with Gasteiger partial charge in [0.2, 0.25) is 0 Å². The average molecular weight is 415 g/mol. The molecule has 0 saturated carbocycles. The number of nitrogens with zero attached hydrogens (tertiary/aromatic N) is 2. The Bertz CT molecular complexity index is 1090. The highest BCUT2D eigenvalue weighted by molar-refractivity contribution is 6.06. The lowest BCUT2D eigenvalue weighted by molar-refractivity contribution is -0.137. The van der Waals surface area contributed by atoms with Gasteiger partial charge in [-0.2, -0.15) is 13.2 Å². The Morgan fingerprint density at radius 1 is 1.17 bits per heavy atom. The van der Waals surface area contributed by atoms with Crippen LogP contribution >= 0.6 is 0 Å². The Balaban J connectivity index is 1.69. The minimum absolute atomic E-state index is 0.141. The zero-order chi connectivity index (χ0) is 21.3. The standard InChI is InChI=1S/C21H20F3N5O/c22-21(23,24)13-4-1-3-12(9-13)14-7-8-26-10-17(14)29-20-16-6-2-5-15(19(25)30)18(16)27-11-28-20/h1-6,9,11,14,17,26H,7-8,10H2,(H2,25,30)(H,27,28,29). The van der Waals surface area contributed by atoms with Crippen LogP contribution in [0.3, 0.4) is 0 Å². The minimum Gasteiger partial charge on any atom is -0.366 e. The fourth-order valence-corrected chi connectivity index (χ4v) is 3.93. The molecule has 9 heteroatoms. The predicted octanol–water partition coefficient (Wildman–Crippen LogP) is 3.31. The quantitative estimate of drug-likeness (QED) is 0.608. The third-order valence-electron chi connectivity index (χ3n) is 5.38. The molecule has 0 spiro atoms. The average Bonchev–Trinajstić information content (AvgIpc) is 2.73. The predicted molar refractivity (Wildman–Crippen MR) is 107 cm³/mol. The van der Waals surface area contributed by atoms with Gasteiger partial charge in [-0.3, -0.25) is 4.79 Å². The molecule has 2 atom stereocenters. The van der Waals surface area contributed by atoms with Crippen molar-refractivity contribution in [1.29, 1.82) is 0 Å². The monoisotopic (exact) mass is 415 g/mol. The highest BCUT2D eigenvalue weighted by Gasteiger charge is 2.33. The van der Waals surface area contributed by atoms with Crippen LogP contribution in [-0.4, -0.2) is 35.0 Å². The van der Waals surface area contributed by atoms with Gasteiger partial charge in [0, 0.05) is 23.9 Å². The second kappa shape index (κ2) is 7.91. The zero-order valence-corrected chi connectivity index (χ0v) is 15.9. The summed E-state index contributed by atoms with van der Waals surface area (Å²) in [7, 11) is 0. The molecule has 3 aromatic rings. The number of hydrogen-bond acceptors (Lipinski definition) is 5. The number of benzene rings is 2. The molecule has 2 heterocycles. The maximum atomic E-state index is 13.2. The number of fused-ring (bicyclic) bond motifs is 1. The third-order valence-corrected chi connectivity index (χ3v) is 5.38. The summed E-state index contributed by atoms with van der Waals surface area (Å²) < 4.78 is 39.5. The first kappa shape index (κ1) is 20.1. The van der Waals surface area contributed by atoms with Crippen LogP contribution in [0.15, 0.2) is 48.8 Å². The number of alkyl halides is 3. The van der Waals surface area contributed by atoms with E-state index in [0.717, 1.165) is 6.07 Å². The van der Waals surface area contributed by atoms with Crippen molar-refractivity contribution in [3.8, 4) is 0 Å². The van der Waals surface area contributed by atoms with Gasteiger partial charge < -0.3 is 16.4 Å². The summed E-state index contributed by atoms with van der Waals surface area (Å²) in [6, 6.07) is 10.3. The Morgan fingerprint density at radius 2 is 1.97 bits per heavy atom. The molecule has 1 fully saturated rings. The van der Waals surface area contributed by atoms with Crippen molar-refractivity contribution < 1.29 is 18.0 Å². The van der Waals surface area contributed by atoms with Gasteiger partial charge in [0.1, 0.15) is 12.1 Å². The molecule has 2 unspecified atom stereocenters. The minimum atomic E-state index is -4.39. The normalized spacial score (nSPS) is 19.6. The summed E-state index contributed by atoms with van der Waals surface area (Å²) >= 11 is 0. The van der Waals surface area contributed by atoms with E-state index in [2.05, 4.69) is 20.6 Å². The number of aromatic nitrogens is 2. The molecule has 0 bridgehead atoms. The van der Waals surface area contributed by atoms with E-state index >= 15 is 0 Å². The Labute approximate surface area is 170 Å². The number of nitrogens with one attached hydrogen (secondary N) is 2. The molecule has 0 radical (unpaired) electrons. The van der Waals surface area contributed by atoms with Crippen LogP contribution in [0, 0.1) is 0 Å². The number of anilines is 1. The van der Waals surface area contributed by atoms with Crippen LogP contribution in [0.1, 0.15) is 33.8 Å². The van der Waals surface area contributed by atoms with Crippen LogP contribution in [0.4, 0.5) is 19.0 Å². The molecule has 0 aliphatic carbocycles. The van der Waals surface area contributed by atoms with Gasteiger partial charge in [0.05, 0.1) is 16.6 Å². The van der Waals surface area contributed by atoms with E-state index in [9.17, 15) is 18.0 Å². The Morgan fingerprint density at radius 3 is 2.73 bits per heavy atom. The van der Waals surface area contributed by atoms with Crippen LogP contribution in [0.2, 0.25) is 0 Å². The van der Waals surface area contributed by atoms with Gasteiger partial charge in [0.25, 0.3) is 5.91 Å². The lowest BCUT2D eigenvalue weighted by atomic mass is 9.85. The fraction of sp³-hybridized carbons (Fsp3) is 0.286. The van der Waals surface area contributed by atoms with Crippen molar-refractivity contribution in [2.24, 2.45) is 5.73 Å². The van der Waals surface area contributed by atoms with Crippen LogP contribution in [-0.2, 0) is 6.18 Å². The summed E-state index contributed by atoms with van der Waals surface area (Å²) in [6.45, 7) is 1.26. The summed E-state index contributed by atoms with van der Waals surface area (Å²) in [6.07, 6.45) is -2.37. The Hall–Kier alpha value is -3.20. The number of primary amides is 1. The highest BCUT2D eigenvalue weighted by Crippen LogP contribution is 2.34. The lowest BCUT2D eigenvalue weighted by Gasteiger charge is -2.34. The largest absolute Gasteiger partial charge is 0.416 e. The van der Waals surface area contributed by atoms with Gasteiger partial charge >= 0.3 is 6.18 Å². The molecule has 1 aromatic heterocycles. The van der Waals surface area contributed by atoms with Gasteiger partial charge in [-0.1, -0.05) is 24.3 Å². The van der Waals surface area contributed by atoms with Gasteiger partial charge in [-0.15, -0.1) is 0 Å². The lowest BCUT2D eigenvalue weighted by Crippen LogP contribution is -2.44. The number of hydrogen-bond donors (Lipinski definition) is 3.